The number of fused-ring (bicyclic) bond motifs is 1. The minimum absolute atomic E-state index is 0.0364. The molecule has 1 aliphatic rings. The maximum Gasteiger partial charge on any atom is 0.240 e. The first-order chi connectivity index (χ1) is 9.74. The highest BCUT2D eigenvalue weighted by atomic mass is 32.1. The van der Waals surface area contributed by atoms with E-state index < -0.39 is 0 Å². The van der Waals surface area contributed by atoms with Crippen LogP contribution in [0, 0.1) is 5.92 Å². The summed E-state index contributed by atoms with van der Waals surface area (Å²) in [5, 5.41) is 4.27. The van der Waals surface area contributed by atoms with E-state index in [4.69, 9.17) is 0 Å². The summed E-state index contributed by atoms with van der Waals surface area (Å²) < 4.78 is 3.19. The molecule has 3 rings (SSSR count). The number of thiazole rings is 1. The van der Waals surface area contributed by atoms with Crippen molar-refractivity contribution >= 4 is 27.5 Å². The van der Waals surface area contributed by atoms with Crippen molar-refractivity contribution in [1.29, 1.82) is 0 Å². The zero-order valence-corrected chi connectivity index (χ0v) is 12.4. The van der Waals surface area contributed by atoms with Crippen molar-refractivity contribution < 1.29 is 4.79 Å². The van der Waals surface area contributed by atoms with Crippen LogP contribution in [0.5, 0.6) is 0 Å². The molecule has 1 aliphatic carbocycles. The topological polar surface area (TPSA) is 46.4 Å². The molecule has 0 bridgehead atoms. The molecule has 0 spiro atoms. The number of amides is 1. The Morgan fingerprint density at radius 1 is 1.40 bits per heavy atom. The van der Waals surface area contributed by atoms with Crippen molar-refractivity contribution in [3.63, 3.8) is 0 Å². The number of para-hydroxylation sites is 1. The molecule has 1 heterocycles. The van der Waals surface area contributed by atoms with Gasteiger partial charge >= 0.3 is 0 Å². The molecule has 1 saturated carbocycles. The van der Waals surface area contributed by atoms with Crippen LogP contribution in [0.4, 0.5) is 0 Å². The molecular formula is C15H19N3OS. The Hall–Kier alpha value is -1.62. The Morgan fingerprint density at radius 2 is 2.15 bits per heavy atom. The number of nitrogens with one attached hydrogen (secondary N) is 1. The van der Waals surface area contributed by atoms with Gasteiger partial charge in [0.15, 0.2) is 0 Å². The van der Waals surface area contributed by atoms with Crippen LogP contribution >= 0.6 is 11.3 Å². The van der Waals surface area contributed by atoms with Gasteiger partial charge in [-0.2, -0.15) is 0 Å². The van der Waals surface area contributed by atoms with E-state index in [0.717, 1.165) is 10.3 Å². The molecular weight excluding hydrogens is 270 g/mol. The maximum absolute atomic E-state index is 11.9. The van der Waals surface area contributed by atoms with Gasteiger partial charge in [-0.1, -0.05) is 36.3 Å². The van der Waals surface area contributed by atoms with Gasteiger partial charge in [-0.25, -0.2) is 5.43 Å². The third-order valence-electron chi connectivity index (χ3n) is 3.94. The summed E-state index contributed by atoms with van der Waals surface area (Å²) in [6.45, 7) is 0. The van der Waals surface area contributed by atoms with Crippen molar-refractivity contribution in [2.75, 3.05) is 0 Å². The summed E-state index contributed by atoms with van der Waals surface area (Å²) in [5.74, 6) is 0.593. The summed E-state index contributed by atoms with van der Waals surface area (Å²) in [5.41, 5.74) is 3.84. The monoisotopic (exact) mass is 289 g/mol. The quantitative estimate of drug-likeness (QED) is 0.868. The van der Waals surface area contributed by atoms with E-state index in [2.05, 4.69) is 22.7 Å². The number of carbonyl (C=O) groups excluding carboxylic acids is 1. The van der Waals surface area contributed by atoms with Crippen LogP contribution in [-0.4, -0.2) is 10.5 Å². The highest BCUT2D eigenvalue weighted by molar-refractivity contribution is 7.16. The maximum atomic E-state index is 11.9. The van der Waals surface area contributed by atoms with E-state index in [-0.39, 0.29) is 5.91 Å². The Balaban J connectivity index is 1.73. The third-order valence-corrected chi connectivity index (χ3v) is 5.05. The van der Waals surface area contributed by atoms with Crippen LogP contribution in [0.25, 0.3) is 10.2 Å². The molecule has 1 fully saturated rings. The van der Waals surface area contributed by atoms with Crippen LogP contribution in [0.2, 0.25) is 0 Å². The van der Waals surface area contributed by atoms with Gasteiger partial charge < -0.3 is 4.57 Å². The first kappa shape index (κ1) is 13.4. The minimum atomic E-state index is 0.0364. The predicted molar refractivity (Wildman–Crippen MR) is 81.1 cm³/mol. The minimum Gasteiger partial charge on any atom is -0.318 e. The molecule has 0 saturated heterocycles. The van der Waals surface area contributed by atoms with Gasteiger partial charge in [0.1, 0.15) is 0 Å². The fourth-order valence-corrected chi connectivity index (χ4v) is 3.80. The van der Waals surface area contributed by atoms with Gasteiger partial charge in [-0.05, 0) is 30.9 Å². The second kappa shape index (κ2) is 5.79. The first-order valence-electron chi connectivity index (χ1n) is 7.11. The Labute approximate surface area is 122 Å². The summed E-state index contributed by atoms with van der Waals surface area (Å²) >= 11 is 1.59. The molecule has 0 unspecified atom stereocenters. The van der Waals surface area contributed by atoms with Crippen LogP contribution in [-0.2, 0) is 11.8 Å². The van der Waals surface area contributed by atoms with Crippen molar-refractivity contribution in [3.05, 3.63) is 29.1 Å². The molecule has 5 heteroatoms. The number of rotatable bonds is 3. The van der Waals surface area contributed by atoms with E-state index in [1.54, 1.807) is 11.3 Å². The number of carbonyl (C=O) groups is 1. The van der Waals surface area contributed by atoms with Crippen LogP contribution in [0.15, 0.2) is 29.4 Å². The highest BCUT2D eigenvalue weighted by Gasteiger charge is 2.18. The van der Waals surface area contributed by atoms with E-state index in [9.17, 15) is 4.79 Å². The Kier molecular flexibility index (Phi) is 3.87. The molecule has 1 amide bonds. The lowest BCUT2D eigenvalue weighted by molar-refractivity contribution is -0.122. The normalized spacial score (nSPS) is 16.9. The molecule has 20 heavy (non-hydrogen) atoms. The third kappa shape index (κ3) is 2.77. The number of nitrogens with zero attached hydrogens (tertiary/aromatic N) is 2. The molecule has 0 atom stereocenters. The van der Waals surface area contributed by atoms with Crippen molar-refractivity contribution in [1.82, 2.24) is 9.99 Å². The van der Waals surface area contributed by atoms with Crippen molar-refractivity contribution in [3.8, 4) is 0 Å². The predicted octanol–water partition coefficient (Wildman–Crippen LogP) is 2.75. The molecule has 106 valence electrons. The molecule has 1 N–H and O–H groups in total. The fourth-order valence-electron chi connectivity index (χ4n) is 2.82. The lowest BCUT2D eigenvalue weighted by Gasteiger charge is -2.06. The lowest BCUT2D eigenvalue weighted by Crippen LogP contribution is -2.24. The van der Waals surface area contributed by atoms with Gasteiger partial charge in [0.05, 0.1) is 10.2 Å². The zero-order chi connectivity index (χ0) is 13.9. The van der Waals surface area contributed by atoms with Gasteiger partial charge in [0.25, 0.3) is 0 Å². The van der Waals surface area contributed by atoms with Gasteiger partial charge in [-0.15, -0.1) is 5.10 Å². The average molecular weight is 289 g/mol. The summed E-state index contributed by atoms with van der Waals surface area (Å²) in [6.07, 6.45) is 5.51. The number of aryl methyl sites for hydroxylation is 1. The largest absolute Gasteiger partial charge is 0.318 e. The van der Waals surface area contributed by atoms with E-state index in [1.807, 2.05) is 23.7 Å². The van der Waals surface area contributed by atoms with Crippen molar-refractivity contribution in [2.45, 2.75) is 32.1 Å². The number of hydrogen-bond donors (Lipinski definition) is 1. The molecule has 1 aromatic carbocycles. The van der Waals surface area contributed by atoms with Gasteiger partial charge in [0, 0.05) is 13.5 Å². The molecule has 4 nitrogen and oxygen atoms in total. The summed E-state index contributed by atoms with van der Waals surface area (Å²) in [6, 6.07) is 8.16. The standard InChI is InChI=1S/C15H19N3OS/c1-18-12-8-4-5-9-13(12)20-15(18)17-16-14(19)10-11-6-2-3-7-11/h4-5,8-9,11H,2-3,6-7,10H2,1H3,(H,16,19)/b17-15+. The molecule has 0 radical (unpaired) electrons. The Bertz CT molecular complexity index is 680. The number of hydrogen-bond acceptors (Lipinski definition) is 3. The molecule has 0 aliphatic heterocycles. The number of benzene rings is 1. The smallest absolute Gasteiger partial charge is 0.240 e. The highest BCUT2D eigenvalue weighted by Crippen LogP contribution is 2.27. The zero-order valence-electron chi connectivity index (χ0n) is 11.6. The fraction of sp³-hybridized carbons (Fsp3) is 0.467. The van der Waals surface area contributed by atoms with E-state index >= 15 is 0 Å². The SMILES string of the molecule is Cn1/c(=N\NC(=O)CC2CCCC2)sc2ccccc21. The lowest BCUT2D eigenvalue weighted by atomic mass is 10.0. The van der Waals surface area contributed by atoms with E-state index in [1.165, 1.54) is 30.4 Å². The van der Waals surface area contributed by atoms with Crippen LogP contribution in [0.3, 0.4) is 0 Å². The van der Waals surface area contributed by atoms with Gasteiger partial charge in [0.2, 0.25) is 10.7 Å². The van der Waals surface area contributed by atoms with Crippen LogP contribution < -0.4 is 10.2 Å². The Morgan fingerprint density at radius 3 is 2.90 bits per heavy atom. The molecule has 2 aromatic rings. The van der Waals surface area contributed by atoms with Crippen LogP contribution in [0.1, 0.15) is 32.1 Å². The second-order valence-electron chi connectivity index (χ2n) is 5.41. The van der Waals surface area contributed by atoms with Gasteiger partial charge in [-0.3, -0.25) is 4.79 Å². The summed E-state index contributed by atoms with van der Waals surface area (Å²) in [7, 11) is 1.97. The first-order valence-corrected chi connectivity index (χ1v) is 7.93. The second-order valence-corrected chi connectivity index (χ2v) is 6.42. The van der Waals surface area contributed by atoms with E-state index in [0.29, 0.717) is 12.3 Å². The summed E-state index contributed by atoms with van der Waals surface area (Å²) in [4.78, 5) is 12.7. The number of aromatic nitrogens is 1. The molecule has 1 aromatic heterocycles. The average Bonchev–Trinajstić information content (AvgIpc) is 3.06. The van der Waals surface area contributed by atoms with Crippen molar-refractivity contribution in [2.24, 2.45) is 18.1 Å².